The quantitative estimate of drug-likeness (QED) is 0.667. The summed E-state index contributed by atoms with van der Waals surface area (Å²) in [6.07, 6.45) is 4.88. The first-order valence-electron chi connectivity index (χ1n) is 7.98. The number of ether oxygens (including phenoxy) is 1. The Morgan fingerprint density at radius 2 is 1.93 bits per heavy atom. The molecule has 27 heavy (non-hydrogen) atoms. The molecule has 1 aromatic heterocycles. The Morgan fingerprint density at radius 1 is 1.15 bits per heavy atom. The third kappa shape index (κ3) is 4.80. The molecule has 0 unspecified atom stereocenters. The molecule has 0 spiro atoms. The Bertz CT molecular complexity index is 993. The SMILES string of the molecule is COc1ccc(C(=O)Nc2cccc(/C=C\c3ncc(C(=O)O)s3)c2)cc1. The van der Waals surface area contributed by atoms with E-state index in [0.29, 0.717) is 22.0 Å². The molecule has 0 fully saturated rings. The third-order valence-corrected chi connectivity index (χ3v) is 4.60. The molecule has 0 saturated carbocycles. The van der Waals surface area contributed by atoms with Crippen molar-refractivity contribution in [1.82, 2.24) is 4.98 Å². The van der Waals surface area contributed by atoms with Crippen molar-refractivity contribution in [1.29, 1.82) is 0 Å². The molecule has 0 aliphatic carbocycles. The lowest BCUT2D eigenvalue weighted by Crippen LogP contribution is -2.11. The van der Waals surface area contributed by atoms with Crippen LogP contribution in [0.15, 0.2) is 54.7 Å². The summed E-state index contributed by atoms with van der Waals surface area (Å²) in [5, 5.41) is 12.4. The molecular formula is C20H16N2O4S. The van der Waals surface area contributed by atoms with Gasteiger partial charge in [-0.25, -0.2) is 9.78 Å². The van der Waals surface area contributed by atoms with Gasteiger partial charge in [-0.3, -0.25) is 4.79 Å². The third-order valence-electron chi connectivity index (χ3n) is 3.65. The van der Waals surface area contributed by atoms with Crippen LogP contribution < -0.4 is 10.1 Å². The van der Waals surface area contributed by atoms with Gasteiger partial charge >= 0.3 is 5.97 Å². The fourth-order valence-electron chi connectivity index (χ4n) is 2.30. The molecule has 3 rings (SSSR count). The first-order chi connectivity index (χ1) is 13.0. The maximum absolute atomic E-state index is 12.3. The smallest absolute Gasteiger partial charge is 0.347 e. The van der Waals surface area contributed by atoms with E-state index in [9.17, 15) is 9.59 Å². The number of hydrogen-bond acceptors (Lipinski definition) is 5. The number of carboxylic acids is 1. The van der Waals surface area contributed by atoms with Crippen molar-refractivity contribution in [2.75, 3.05) is 12.4 Å². The Labute approximate surface area is 159 Å². The topological polar surface area (TPSA) is 88.5 Å². The van der Waals surface area contributed by atoms with Gasteiger partial charge in [0.25, 0.3) is 5.91 Å². The highest BCUT2D eigenvalue weighted by molar-refractivity contribution is 7.14. The average molecular weight is 380 g/mol. The van der Waals surface area contributed by atoms with Crippen molar-refractivity contribution >= 4 is 41.1 Å². The molecule has 0 aliphatic heterocycles. The maximum atomic E-state index is 12.3. The number of rotatable bonds is 6. The molecule has 0 radical (unpaired) electrons. The monoisotopic (exact) mass is 380 g/mol. The molecule has 3 aromatic rings. The number of hydrogen-bond donors (Lipinski definition) is 2. The Morgan fingerprint density at radius 3 is 2.59 bits per heavy atom. The van der Waals surface area contributed by atoms with Gasteiger partial charge in [0.2, 0.25) is 0 Å². The van der Waals surface area contributed by atoms with Crippen LogP contribution in [-0.2, 0) is 0 Å². The van der Waals surface area contributed by atoms with Gasteiger partial charge in [-0.05, 0) is 48.0 Å². The number of benzene rings is 2. The number of thiazole rings is 1. The summed E-state index contributed by atoms with van der Waals surface area (Å²) in [7, 11) is 1.57. The van der Waals surface area contributed by atoms with Crippen LogP contribution in [0.25, 0.3) is 12.2 Å². The lowest BCUT2D eigenvalue weighted by atomic mass is 10.1. The van der Waals surface area contributed by atoms with E-state index in [0.717, 1.165) is 16.9 Å². The zero-order valence-electron chi connectivity index (χ0n) is 14.4. The number of amides is 1. The van der Waals surface area contributed by atoms with Crippen LogP contribution in [-0.4, -0.2) is 29.1 Å². The van der Waals surface area contributed by atoms with E-state index in [4.69, 9.17) is 9.84 Å². The van der Waals surface area contributed by atoms with Gasteiger partial charge in [-0.1, -0.05) is 18.2 Å². The summed E-state index contributed by atoms with van der Waals surface area (Å²) in [5.74, 6) is -0.521. The van der Waals surface area contributed by atoms with E-state index in [1.165, 1.54) is 6.20 Å². The number of aromatic carboxylic acids is 1. The lowest BCUT2D eigenvalue weighted by Gasteiger charge is -2.07. The van der Waals surface area contributed by atoms with Gasteiger partial charge in [-0.2, -0.15) is 0 Å². The van der Waals surface area contributed by atoms with E-state index in [1.54, 1.807) is 43.5 Å². The second-order valence-corrected chi connectivity index (χ2v) is 6.57. The largest absolute Gasteiger partial charge is 0.497 e. The van der Waals surface area contributed by atoms with Gasteiger partial charge in [0, 0.05) is 11.3 Å². The van der Waals surface area contributed by atoms with Crippen LogP contribution in [0.1, 0.15) is 30.6 Å². The van der Waals surface area contributed by atoms with Crippen molar-refractivity contribution in [2.24, 2.45) is 0 Å². The highest BCUT2D eigenvalue weighted by atomic mass is 32.1. The van der Waals surface area contributed by atoms with Crippen LogP contribution in [0.4, 0.5) is 5.69 Å². The first kappa shape index (κ1) is 18.3. The molecule has 6 nitrogen and oxygen atoms in total. The van der Waals surface area contributed by atoms with Gasteiger partial charge in [0.15, 0.2) is 0 Å². The normalized spacial score (nSPS) is 10.7. The standard InChI is InChI=1S/C20H16N2O4S/c1-26-16-8-6-14(7-9-16)19(23)22-15-4-2-3-13(11-15)5-10-18-21-12-17(27-18)20(24)25/h2-12H,1H3,(H,22,23)(H,24,25)/b10-5-. The summed E-state index contributed by atoms with van der Waals surface area (Å²) in [6, 6.07) is 14.2. The minimum absolute atomic E-state index is 0.190. The molecule has 2 aromatic carbocycles. The Balaban J connectivity index is 1.69. The molecule has 0 aliphatic rings. The van der Waals surface area contributed by atoms with Crippen LogP contribution in [0.5, 0.6) is 5.75 Å². The van der Waals surface area contributed by atoms with Crippen molar-refractivity contribution < 1.29 is 19.4 Å². The average Bonchev–Trinajstić information content (AvgIpc) is 3.16. The molecule has 0 saturated heterocycles. The van der Waals surface area contributed by atoms with E-state index in [2.05, 4.69) is 10.3 Å². The number of nitrogens with zero attached hydrogens (tertiary/aromatic N) is 1. The molecule has 1 heterocycles. The summed E-state index contributed by atoms with van der Waals surface area (Å²) >= 11 is 1.10. The Hall–Kier alpha value is -3.45. The second-order valence-electron chi connectivity index (χ2n) is 5.51. The molecule has 2 N–H and O–H groups in total. The zero-order valence-corrected chi connectivity index (χ0v) is 15.2. The highest BCUT2D eigenvalue weighted by Gasteiger charge is 2.07. The van der Waals surface area contributed by atoms with Crippen LogP contribution in [0.2, 0.25) is 0 Å². The number of nitrogens with one attached hydrogen (secondary N) is 1. The minimum Gasteiger partial charge on any atom is -0.497 e. The summed E-state index contributed by atoms with van der Waals surface area (Å²) in [6.45, 7) is 0. The summed E-state index contributed by atoms with van der Waals surface area (Å²) < 4.78 is 5.08. The van der Waals surface area contributed by atoms with E-state index >= 15 is 0 Å². The molecule has 1 amide bonds. The number of methoxy groups -OCH3 is 1. The zero-order chi connectivity index (χ0) is 19.2. The lowest BCUT2D eigenvalue weighted by molar-refractivity contribution is 0.0701. The van der Waals surface area contributed by atoms with Crippen molar-refractivity contribution in [3.05, 3.63) is 75.7 Å². The van der Waals surface area contributed by atoms with Gasteiger partial charge in [0.1, 0.15) is 15.6 Å². The molecular weight excluding hydrogens is 364 g/mol. The van der Waals surface area contributed by atoms with Crippen molar-refractivity contribution in [3.63, 3.8) is 0 Å². The molecule has 7 heteroatoms. The predicted octanol–water partition coefficient (Wildman–Crippen LogP) is 4.27. The van der Waals surface area contributed by atoms with E-state index in [-0.39, 0.29) is 10.8 Å². The second kappa shape index (κ2) is 8.29. The number of aromatic nitrogens is 1. The molecule has 0 bridgehead atoms. The van der Waals surface area contributed by atoms with Crippen molar-refractivity contribution in [2.45, 2.75) is 0 Å². The van der Waals surface area contributed by atoms with Crippen molar-refractivity contribution in [3.8, 4) is 5.75 Å². The Kier molecular flexibility index (Phi) is 5.63. The fourth-order valence-corrected chi connectivity index (χ4v) is 2.96. The van der Waals surface area contributed by atoms with Crippen LogP contribution >= 0.6 is 11.3 Å². The number of anilines is 1. The van der Waals surface area contributed by atoms with Crippen LogP contribution in [0, 0.1) is 0 Å². The predicted molar refractivity (Wildman–Crippen MR) is 105 cm³/mol. The van der Waals surface area contributed by atoms with E-state index in [1.807, 2.05) is 24.3 Å². The van der Waals surface area contributed by atoms with Gasteiger partial charge in [0.05, 0.1) is 13.3 Å². The minimum atomic E-state index is -0.990. The highest BCUT2D eigenvalue weighted by Crippen LogP contribution is 2.18. The summed E-state index contributed by atoms with van der Waals surface area (Å²) in [5.41, 5.74) is 2.04. The van der Waals surface area contributed by atoms with Gasteiger partial charge in [-0.15, -0.1) is 11.3 Å². The summed E-state index contributed by atoms with van der Waals surface area (Å²) in [4.78, 5) is 27.5. The fraction of sp³-hybridized carbons (Fsp3) is 0.0500. The number of carbonyl (C=O) groups is 2. The maximum Gasteiger partial charge on any atom is 0.347 e. The van der Waals surface area contributed by atoms with Crippen LogP contribution in [0.3, 0.4) is 0 Å². The molecule has 0 atom stereocenters. The number of carboxylic acid groups (broad SMARTS) is 1. The number of carbonyl (C=O) groups excluding carboxylic acids is 1. The van der Waals surface area contributed by atoms with Gasteiger partial charge < -0.3 is 15.2 Å². The molecule has 136 valence electrons. The first-order valence-corrected chi connectivity index (χ1v) is 8.79. The van der Waals surface area contributed by atoms with E-state index < -0.39 is 5.97 Å².